The molecule has 0 bridgehead atoms. The maximum Gasteiger partial charge on any atom is 1.00 e. The Morgan fingerprint density at radius 3 is 1.94 bits per heavy atom. The number of nitrogens with one attached hydrogen (secondary N) is 2. The summed E-state index contributed by atoms with van der Waals surface area (Å²) in [6.45, 7) is 3.74. The summed E-state index contributed by atoms with van der Waals surface area (Å²) in [5, 5.41) is 5.97. The third-order valence-corrected chi connectivity index (χ3v) is 5.61. The summed E-state index contributed by atoms with van der Waals surface area (Å²) in [4.78, 5) is -0.972. The molecule has 2 aromatic rings. The van der Waals surface area contributed by atoms with Gasteiger partial charge >= 0.3 is 59.1 Å². The van der Waals surface area contributed by atoms with E-state index in [1.54, 1.807) is 0 Å². The Morgan fingerprint density at radius 1 is 0.903 bits per heavy atom. The minimum atomic E-state index is -4.84. The van der Waals surface area contributed by atoms with Crippen molar-refractivity contribution in [2.75, 3.05) is 5.32 Å². The van der Waals surface area contributed by atoms with Crippen molar-refractivity contribution in [1.29, 1.82) is 0 Å². The zero-order valence-corrected chi connectivity index (χ0v) is 23.9. The molecule has 0 saturated heterocycles. The summed E-state index contributed by atoms with van der Waals surface area (Å²) in [6.07, 6.45) is 2.51. The van der Waals surface area contributed by atoms with Gasteiger partial charge in [0.2, 0.25) is 0 Å². The van der Waals surface area contributed by atoms with Crippen LogP contribution in [0.2, 0.25) is 0 Å². The van der Waals surface area contributed by atoms with Gasteiger partial charge in [0.15, 0.2) is 5.11 Å². The van der Waals surface area contributed by atoms with E-state index in [0.717, 1.165) is 12.1 Å². The third-order valence-electron chi connectivity index (χ3n) is 3.59. The van der Waals surface area contributed by atoms with Crippen molar-refractivity contribution < 1.29 is 85.1 Å². The van der Waals surface area contributed by atoms with E-state index >= 15 is 0 Å². The Morgan fingerprint density at radius 2 is 1.42 bits per heavy atom. The largest absolute Gasteiger partial charge is 1.00 e. The molecular formula is C18H18N2Na2O6S3. The first kappa shape index (κ1) is 30.7. The number of benzene rings is 2. The van der Waals surface area contributed by atoms with Gasteiger partial charge in [-0.2, -0.15) is 0 Å². The van der Waals surface area contributed by atoms with Gasteiger partial charge in [0.1, 0.15) is 20.2 Å². The standard InChI is InChI=1S/C18H20N2O6S3.2Na/c1-12(2)19-18(27)20-15-10-9-14(17(11-15)29(24,25)26)8-7-13-5-3-4-6-16(13)28(21,22)23;;/h3-12H,1-2H3,(H2,19,20,27)(H,21,22,23)(H,24,25,26);;/q;2*+1/p-2/b8-7+;;. The molecule has 0 saturated carbocycles. The van der Waals surface area contributed by atoms with Crippen LogP contribution in [0.3, 0.4) is 0 Å². The van der Waals surface area contributed by atoms with Crippen LogP contribution in [-0.2, 0) is 20.2 Å². The zero-order valence-electron chi connectivity index (χ0n) is 17.4. The van der Waals surface area contributed by atoms with Crippen LogP contribution in [0.15, 0.2) is 52.3 Å². The molecule has 31 heavy (non-hydrogen) atoms. The van der Waals surface area contributed by atoms with Crippen molar-refractivity contribution in [3.05, 3.63) is 53.6 Å². The van der Waals surface area contributed by atoms with E-state index in [9.17, 15) is 25.9 Å². The van der Waals surface area contributed by atoms with E-state index in [0.29, 0.717) is 0 Å². The number of hydrogen-bond acceptors (Lipinski definition) is 7. The fraction of sp³-hybridized carbons (Fsp3) is 0.167. The first-order valence-corrected chi connectivity index (χ1v) is 11.5. The molecule has 0 unspecified atom stereocenters. The van der Waals surface area contributed by atoms with E-state index in [-0.39, 0.29) is 87.1 Å². The van der Waals surface area contributed by atoms with Gasteiger partial charge < -0.3 is 19.7 Å². The summed E-state index contributed by atoms with van der Waals surface area (Å²) in [6, 6.07) is 9.51. The van der Waals surface area contributed by atoms with Crippen LogP contribution in [0.5, 0.6) is 0 Å². The molecule has 0 radical (unpaired) electrons. The monoisotopic (exact) mass is 500 g/mol. The molecule has 0 amide bonds. The third kappa shape index (κ3) is 9.60. The van der Waals surface area contributed by atoms with Gasteiger partial charge in [-0.05, 0) is 55.4 Å². The van der Waals surface area contributed by atoms with E-state index in [4.69, 9.17) is 12.2 Å². The minimum absolute atomic E-state index is 0. The number of thiocarbonyl (C=S) groups is 1. The predicted octanol–water partition coefficient (Wildman–Crippen LogP) is -3.63. The Kier molecular flexibility index (Phi) is 12.7. The van der Waals surface area contributed by atoms with Gasteiger partial charge in [-0.15, -0.1) is 0 Å². The molecular weight excluding hydrogens is 482 g/mol. The zero-order chi connectivity index (χ0) is 21.8. The molecule has 0 aromatic heterocycles. The number of rotatable bonds is 6. The van der Waals surface area contributed by atoms with Gasteiger partial charge in [0, 0.05) is 11.7 Å². The molecule has 13 heteroatoms. The Bertz CT molecular complexity index is 1170. The smallest absolute Gasteiger partial charge is 0.744 e. The van der Waals surface area contributed by atoms with E-state index in [2.05, 4.69) is 10.6 Å². The molecule has 8 nitrogen and oxygen atoms in total. The van der Waals surface area contributed by atoms with Crippen LogP contribution in [-0.4, -0.2) is 37.1 Å². The van der Waals surface area contributed by atoms with E-state index in [1.807, 2.05) is 13.8 Å². The first-order valence-electron chi connectivity index (χ1n) is 8.28. The van der Waals surface area contributed by atoms with Crippen molar-refractivity contribution in [2.24, 2.45) is 0 Å². The van der Waals surface area contributed by atoms with Gasteiger partial charge in [-0.1, -0.05) is 36.4 Å². The summed E-state index contributed by atoms with van der Waals surface area (Å²) < 4.78 is 69.1. The van der Waals surface area contributed by atoms with Crippen molar-refractivity contribution in [1.82, 2.24) is 5.32 Å². The summed E-state index contributed by atoms with van der Waals surface area (Å²) in [7, 11) is -9.56. The minimum Gasteiger partial charge on any atom is -0.744 e. The van der Waals surface area contributed by atoms with Crippen molar-refractivity contribution in [3.63, 3.8) is 0 Å². The topological polar surface area (TPSA) is 138 Å². The SMILES string of the molecule is CC(C)NC(=S)Nc1ccc(/C=C/c2ccccc2S(=O)(=O)[O-])c(S(=O)(=O)[O-])c1.[Na+].[Na+]. The molecule has 156 valence electrons. The van der Waals surface area contributed by atoms with E-state index < -0.39 is 30.0 Å². The second kappa shape index (κ2) is 12.8. The van der Waals surface area contributed by atoms with Crippen LogP contribution in [0.4, 0.5) is 5.69 Å². The van der Waals surface area contributed by atoms with Gasteiger partial charge in [-0.25, -0.2) is 16.8 Å². The maximum atomic E-state index is 11.7. The predicted molar refractivity (Wildman–Crippen MR) is 112 cm³/mol. The summed E-state index contributed by atoms with van der Waals surface area (Å²) in [5.74, 6) is 0. The van der Waals surface area contributed by atoms with Crippen LogP contribution >= 0.6 is 12.2 Å². The molecule has 0 atom stereocenters. The Balaban J connectivity index is 0.00000450. The van der Waals surface area contributed by atoms with Crippen LogP contribution in [0.25, 0.3) is 12.2 Å². The normalized spacial score (nSPS) is 11.5. The van der Waals surface area contributed by atoms with Gasteiger partial charge in [0.05, 0.1) is 9.79 Å². The Labute approximate surface area is 232 Å². The van der Waals surface area contributed by atoms with Crippen molar-refractivity contribution in [3.8, 4) is 0 Å². The number of anilines is 1. The molecule has 0 aliphatic heterocycles. The van der Waals surface area contributed by atoms with Crippen LogP contribution in [0.1, 0.15) is 25.0 Å². The molecule has 2 rings (SSSR count). The molecule has 0 aliphatic rings. The average Bonchev–Trinajstić information content (AvgIpc) is 2.58. The second-order valence-corrected chi connectivity index (χ2v) is 9.39. The van der Waals surface area contributed by atoms with Crippen LogP contribution in [0, 0.1) is 0 Å². The van der Waals surface area contributed by atoms with Crippen molar-refractivity contribution in [2.45, 2.75) is 29.7 Å². The Hall–Kier alpha value is -0.310. The number of hydrogen-bond donors (Lipinski definition) is 2. The van der Waals surface area contributed by atoms with E-state index in [1.165, 1.54) is 42.5 Å². The molecule has 0 heterocycles. The quantitative estimate of drug-likeness (QED) is 0.178. The summed E-state index contributed by atoms with van der Waals surface area (Å²) >= 11 is 5.10. The molecule has 0 aliphatic carbocycles. The molecule has 0 spiro atoms. The van der Waals surface area contributed by atoms with Gasteiger partial charge in [0.25, 0.3) is 0 Å². The fourth-order valence-electron chi connectivity index (χ4n) is 2.42. The molecule has 2 N–H and O–H groups in total. The molecule has 0 fully saturated rings. The second-order valence-electron chi connectivity index (χ2n) is 6.29. The maximum absolute atomic E-state index is 11.7. The fourth-order valence-corrected chi connectivity index (χ4v) is 4.14. The molecule has 2 aromatic carbocycles. The van der Waals surface area contributed by atoms with Crippen molar-refractivity contribution >= 4 is 55.4 Å². The summed E-state index contributed by atoms with van der Waals surface area (Å²) in [5.41, 5.74) is 0.393. The first-order chi connectivity index (χ1) is 13.4. The van der Waals surface area contributed by atoms with Crippen LogP contribution < -0.4 is 69.7 Å². The average molecular weight is 501 g/mol. The van der Waals surface area contributed by atoms with Gasteiger partial charge in [-0.3, -0.25) is 0 Å².